The van der Waals surface area contributed by atoms with Gasteiger partial charge in [0.2, 0.25) is 10.0 Å². The number of hydrogen-bond donors (Lipinski definition) is 1. The number of sulfonamides is 1. The second-order valence-corrected chi connectivity index (χ2v) is 8.73. The molecule has 0 amide bonds. The highest BCUT2D eigenvalue weighted by atomic mass is 32.2. The lowest BCUT2D eigenvalue weighted by atomic mass is 10.1. The van der Waals surface area contributed by atoms with Crippen LogP contribution in [0, 0.1) is 0 Å². The summed E-state index contributed by atoms with van der Waals surface area (Å²) in [7, 11) is -7.06. The highest BCUT2D eigenvalue weighted by Gasteiger charge is 2.19. The van der Waals surface area contributed by atoms with Gasteiger partial charge in [0.15, 0.2) is 9.84 Å². The van der Waals surface area contributed by atoms with Gasteiger partial charge in [-0.3, -0.25) is 0 Å². The first kappa shape index (κ1) is 16.7. The summed E-state index contributed by atoms with van der Waals surface area (Å²) >= 11 is 0. The highest BCUT2D eigenvalue weighted by Crippen LogP contribution is 2.18. The van der Waals surface area contributed by atoms with E-state index in [2.05, 4.69) is 4.72 Å². The van der Waals surface area contributed by atoms with Crippen LogP contribution in [-0.4, -0.2) is 23.1 Å². The predicted molar refractivity (Wildman–Crippen MR) is 84.7 cm³/mol. The summed E-state index contributed by atoms with van der Waals surface area (Å²) in [5.74, 6) is 0. The van der Waals surface area contributed by atoms with Crippen molar-refractivity contribution in [2.24, 2.45) is 0 Å². The van der Waals surface area contributed by atoms with Crippen LogP contribution in [0.15, 0.2) is 64.4 Å². The summed E-state index contributed by atoms with van der Waals surface area (Å²) in [6, 6.07) is 14.0. The molecule has 22 heavy (non-hydrogen) atoms. The van der Waals surface area contributed by atoms with E-state index in [1.165, 1.54) is 24.3 Å². The third-order valence-corrected chi connectivity index (χ3v) is 5.88. The van der Waals surface area contributed by atoms with E-state index in [4.69, 9.17) is 0 Å². The Hall–Kier alpha value is -1.70. The molecule has 2 aromatic carbocycles. The van der Waals surface area contributed by atoms with Gasteiger partial charge in [-0.2, -0.15) is 0 Å². The van der Waals surface area contributed by atoms with Crippen LogP contribution in [-0.2, 0) is 19.9 Å². The van der Waals surface area contributed by atoms with Crippen LogP contribution >= 0.6 is 0 Å². The van der Waals surface area contributed by atoms with Crippen LogP contribution in [0.4, 0.5) is 0 Å². The molecule has 0 aliphatic heterocycles. The van der Waals surface area contributed by atoms with Crippen LogP contribution in [0.5, 0.6) is 0 Å². The number of hydrogen-bond acceptors (Lipinski definition) is 4. The topological polar surface area (TPSA) is 80.3 Å². The molecule has 2 rings (SSSR count). The molecule has 0 heterocycles. The number of rotatable bonds is 5. The molecule has 0 fully saturated rings. The third kappa shape index (κ3) is 3.94. The van der Waals surface area contributed by atoms with Crippen molar-refractivity contribution in [3.05, 3.63) is 60.2 Å². The average Bonchev–Trinajstić information content (AvgIpc) is 2.47. The van der Waals surface area contributed by atoms with E-state index in [9.17, 15) is 16.8 Å². The smallest absolute Gasteiger partial charge is 0.224 e. The van der Waals surface area contributed by atoms with Gasteiger partial charge in [0.1, 0.15) is 0 Å². The van der Waals surface area contributed by atoms with Crippen LogP contribution in [0.3, 0.4) is 0 Å². The summed E-state index contributed by atoms with van der Waals surface area (Å²) in [5.41, 5.74) is 0.846. The molecule has 1 unspecified atom stereocenters. The fraction of sp³-hybridized carbons (Fsp3) is 0.200. The van der Waals surface area contributed by atoms with Crippen molar-refractivity contribution in [3.63, 3.8) is 0 Å². The fourth-order valence-corrected chi connectivity index (χ4v) is 3.84. The van der Waals surface area contributed by atoms with Gasteiger partial charge in [-0.05, 0) is 36.8 Å². The Morgan fingerprint density at radius 1 is 0.818 bits per heavy atom. The van der Waals surface area contributed by atoms with Gasteiger partial charge in [0.05, 0.1) is 9.79 Å². The molecule has 0 aliphatic carbocycles. The van der Waals surface area contributed by atoms with Crippen molar-refractivity contribution in [2.75, 3.05) is 6.26 Å². The van der Waals surface area contributed by atoms with Crippen molar-refractivity contribution in [3.8, 4) is 0 Å². The summed E-state index contributed by atoms with van der Waals surface area (Å²) in [4.78, 5) is 0.116. The first-order chi connectivity index (χ1) is 10.2. The van der Waals surface area contributed by atoms with E-state index in [1.54, 1.807) is 6.92 Å². The molecular formula is C15H17NO4S2. The molecule has 0 aromatic heterocycles. The normalized spacial score (nSPS) is 13.7. The zero-order chi connectivity index (χ0) is 16.4. The Bertz CT molecular complexity index is 842. The maximum Gasteiger partial charge on any atom is 0.241 e. The summed E-state index contributed by atoms with van der Waals surface area (Å²) in [6.07, 6.45) is 1.08. The maximum atomic E-state index is 12.3. The zero-order valence-corrected chi connectivity index (χ0v) is 13.9. The van der Waals surface area contributed by atoms with Crippen molar-refractivity contribution in [1.29, 1.82) is 0 Å². The van der Waals surface area contributed by atoms with Gasteiger partial charge < -0.3 is 0 Å². The minimum Gasteiger partial charge on any atom is -0.224 e. The van der Waals surface area contributed by atoms with Crippen LogP contribution in [0.2, 0.25) is 0 Å². The molecule has 0 saturated carbocycles. The lowest BCUT2D eigenvalue weighted by Crippen LogP contribution is -2.26. The molecule has 0 spiro atoms. The zero-order valence-electron chi connectivity index (χ0n) is 12.2. The molecule has 118 valence electrons. The van der Waals surface area contributed by atoms with E-state index in [1.807, 2.05) is 30.3 Å². The van der Waals surface area contributed by atoms with Crippen LogP contribution in [0.25, 0.3) is 0 Å². The van der Waals surface area contributed by atoms with E-state index in [0.717, 1.165) is 11.8 Å². The first-order valence-electron chi connectivity index (χ1n) is 6.57. The number of benzene rings is 2. The summed E-state index contributed by atoms with van der Waals surface area (Å²) < 4.78 is 50.0. The molecule has 0 bridgehead atoms. The molecule has 5 nitrogen and oxygen atoms in total. The Balaban J connectivity index is 2.24. The largest absolute Gasteiger partial charge is 0.241 e. The number of nitrogens with one attached hydrogen (secondary N) is 1. The summed E-state index contributed by atoms with van der Waals surface area (Å²) in [5, 5.41) is 0. The van der Waals surface area contributed by atoms with Gasteiger partial charge >= 0.3 is 0 Å². The maximum absolute atomic E-state index is 12.3. The standard InChI is InChI=1S/C15H17NO4S2/c1-12(13-6-4-3-5-7-13)16-22(19,20)15-10-8-14(9-11-15)21(2,17)18/h3-12,16H,1-2H3. The van der Waals surface area contributed by atoms with E-state index < -0.39 is 19.9 Å². The lowest BCUT2D eigenvalue weighted by Gasteiger charge is -2.14. The third-order valence-electron chi connectivity index (χ3n) is 3.19. The quantitative estimate of drug-likeness (QED) is 0.905. The van der Waals surface area contributed by atoms with Crippen molar-refractivity contribution in [1.82, 2.24) is 4.72 Å². The fourth-order valence-electron chi connectivity index (χ4n) is 1.98. The molecule has 2 aromatic rings. The second kappa shape index (κ2) is 6.20. The second-order valence-electron chi connectivity index (χ2n) is 5.00. The molecule has 7 heteroatoms. The highest BCUT2D eigenvalue weighted by molar-refractivity contribution is 7.90. The Morgan fingerprint density at radius 2 is 1.32 bits per heavy atom. The van der Waals surface area contributed by atoms with Crippen LogP contribution < -0.4 is 4.72 Å². The van der Waals surface area contributed by atoms with Crippen molar-refractivity contribution in [2.45, 2.75) is 22.8 Å². The minimum atomic E-state index is -3.71. The Labute approximate surface area is 131 Å². The molecule has 1 atom stereocenters. The van der Waals surface area contributed by atoms with Gasteiger partial charge in [-0.15, -0.1) is 0 Å². The van der Waals surface area contributed by atoms with E-state index in [-0.39, 0.29) is 15.8 Å². The van der Waals surface area contributed by atoms with E-state index in [0.29, 0.717) is 0 Å². The molecule has 1 N–H and O–H groups in total. The molecular weight excluding hydrogens is 322 g/mol. The van der Waals surface area contributed by atoms with Crippen LogP contribution in [0.1, 0.15) is 18.5 Å². The van der Waals surface area contributed by atoms with Gasteiger partial charge in [0.25, 0.3) is 0 Å². The van der Waals surface area contributed by atoms with Crippen molar-refractivity contribution < 1.29 is 16.8 Å². The van der Waals surface area contributed by atoms with Crippen molar-refractivity contribution >= 4 is 19.9 Å². The predicted octanol–water partition coefficient (Wildman–Crippen LogP) is 2.13. The Morgan fingerprint density at radius 3 is 1.82 bits per heavy atom. The number of sulfone groups is 1. The SMILES string of the molecule is CC(NS(=O)(=O)c1ccc(S(C)(=O)=O)cc1)c1ccccc1. The summed E-state index contributed by atoms with van der Waals surface area (Å²) in [6.45, 7) is 1.75. The average molecular weight is 339 g/mol. The molecule has 0 radical (unpaired) electrons. The monoisotopic (exact) mass is 339 g/mol. The van der Waals surface area contributed by atoms with E-state index >= 15 is 0 Å². The van der Waals surface area contributed by atoms with Gasteiger partial charge in [0, 0.05) is 12.3 Å². The van der Waals surface area contributed by atoms with Gasteiger partial charge in [-0.1, -0.05) is 30.3 Å². The van der Waals surface area contributed by atoms with Gasteiger partial charge in [-0.25, -0.2) is 21.6 Å². The first-order valence-corrected chi connectivity index (χ1v) is 9.95. The lowest BCUT2D eigenvalue weighted by molar-refractivity contribution is 0.566. The molecule has 0 saturated heterocycles. The molecule has 0 aliphatic rings. The minimum absolute atomic E-state index is 0.0303. The Kier molecular flexibility index (Phi) is 4.69.